The number of methoxy groups -OCH3 is 2. The molecule has 0 fully saturated rings. The van der Waals surface area contributed by atoms with Crippen molar-refractivity contribution in [3.05, 3.63) is 54.1 Å². The highest BCUT2D eigenvalue weighted by molar-refractivity contribution is 5.40. The van der Waals surface area contributed by atoms with E-state index in [4.69, 9.17) is 14.2 Å². The number of ether oxygens (including phenoxy) is 3. The zero-order chi connectivity index (χ0) is 12.8. The summed E-state index contributed by atoms with van der Waals surface area (Å²) in [6.45, 7) is 0.456. The normalized spacial score (nSPS) is 9.89. The third-order valence-electron chi connectivity index (χ3n) is 2.58. The fourth-order valence-electron chi connectivity index (χ4n) is 1.60. The van der Waals surface area contributed by atoms with E-state index in [1.54, 1.807) is 14.2 Å². The minimum atomic E-state index is 0.456. The summed E-state index contributed by atoms with van der Waals surface area (Å²) in [6, 6.07) is 16.0. The van der Waals surface area contributed by atoms with Crippen LogP contribution < -0.4 is 14.2 Å². The van der Waals surface area contributed by atoms with Gasteiger partial charge in [-0.3, -0.25) is 0 Å². The first kappa shape index (κ1) is 12.3. The lowest BCUT2D eigenvalue weighted by atomic mass is 10.2. The molecule has 0 amide bonds. The molecule has 3 heteroatoms. The van der Waals surface area contributed by atoms with Gasteiger partial charge in [-0.05, 0) is 30.3 Å². The molecule has 0 saturated heterocycles. The molecular weight excluding hydrogens is 228 g/mol. The molecule has 0 atom stereocenters. The van der Waals surface area contributed by atoms with Crippen molar-refractivity contribution in [3.63, 3.8) is 0 Å². The molecule has 0 aliphatic rings. The molecule has 2 rings (SSSR count). The third-order valence-corrected chi connectivity index (χ3v) is 2.58. The van der Waals surface area contributed by atoms with Gasteiger partial charge in [-0.2, -0.15) is 0 Å². The van der Waals surface area contributed by atoms with E-state index in [0.29, 0.717) is 6.61 Å². The van der Waals surface area contributed by atoms with Gasteiger partial charge in [0.25, 0.3) is 0 Å². The maximum absolute atomic E-state index is 5.67. The number of benzene rings is 2. The van der Waals surface area contributed by atoms with E-state index in [0.717, 1.165) is 22.8 Å². The van der Waals surface area contributed by atoms with Crippen molar-refractivity contribution in [2.75, 3.05) is 14.2 Å². The van der Waals surface area contributed by atoms with Gasteiger partial charge in [0.15, 0.2) is 0 Å². The first-order valence-corrected chi connectivity index (χ1v) is 5.63. The summed E-state index contributed by atoms with van der Waals surface area (Å²) in [7, 11) is 3.27. The standard InChI is InChI=1S/C15H15O3/c1-16-14-9-8-12(15(10-14)17-2)11-18-13-6-4-3-5-7-13/h4-10H,11H2,1-2H3. The molecule has 2 aromatic carbocycles. The van der Waals surface area contributed by atoms with Crippen LogP contribution in [0.3, 0.4) is 0 Å². The number of hydrogen-bond donors (Lipinski definition) is 0. The van der Waals surface area contributed by atoms with Gasteiger partial charge in [0.1, 0.15) is 23.9 Å². The summed E-state index contributed by atoms with van der Waals surface area (Å²) < 4.78 is 16.1. The topological polar surface area (TPSA) is 27.7 Å². The Morgan fingerprint density at radius 1 is 0.944 bits per heavy atom. The van der Waals surface area contributed by atoms with E-state index < -0.39 is 0 Å². The van der Waals surface area contributed by atoms with Gasteiger partial charge in [-0.25, -0.2) is 0 Å². The SMILES string of the molecule is COc1ccc(COc2cc[c]cc2)c(OC)c1. The Bertz CT molecular complexity index is 494. The summed E-state index contributed by atoms with van der Waals surface area (Å²) in [6.07, 6.45) is 0. The molecule has 93 valence electrons. The molecule has 0 aliphatic carbocycles. The quantitative estimate of drug-likeness (QED) is 0.807. The minimum absolute atomic E-state index is 0.456. The van der Waals surface area contributed by atoms with Gasteiger partial charge in [0.05, 0.1) is 14.2 Å². The Kier molecular flexibility index (Phi) is 4.07. The summed E-state index contributed by atoms with van der Waals surface area (Å²) in [5, 5.41) is 0. The van der Waals surface area contributed by atoms with Gasteiger partial charge in [-0.1, -0.05) is 12.1 Å². The van der Waals surface area contributed by atoms with Crippen LogP contribution in [0.15, 0.2) is 42.5 Å². The van der Waals surface area contributed by atoms with E-state index in [9.17, 15) is 0 Å². The van der Waals surface area contributed by atoms with Crippen LogP contribution in [-0.4, -0.2) is 14.2 Å². The predicted octanol–water partition coefficient (Wildman–Crippen LogP) is 3.08. The van der Waals surface area contributed by atoms with Crippen LogP contribution in [0.1, 0.15) is 5.56 Å². The van der Waals surface area contributed by atoms with Crippen LogP contribution in [0.2, 0.25) is 0 Å². The van der Waals surface area contributed by atoms with Crippen LogP contribution in [0.5, 0.6) is 17.2 Å². The smallest absolute Gasteiger partial charge is 0.129 e. The van der Waals surface area contributed by atoms with E-state index in [1.807, 2.05) is 42.5 Å². The van der Waals surface area contributed by atoms with Crippen LogP contribution in [0.25, 0.3) is 0 Å². The molecule has 0 spiro atoms. The third kappa shape index (κ3) is 2.94. The Morgan fingerprint density at radius 3 is 2.39 bits per heavy atom. The van der Waals surface area contributed by atoms with Crippen molar-refractivity contribution in [1.29, 1.82) is 0 Å². The molecule has 0 aromatic heterocycles. The Morgan fingerprint density at radius 2 is 1.72 bits per heavy atom. The second-order valence-electron chi connectivity index (χ2n) is 3.70. The summed E-state index contributed by atoms with van der Waals surface area (Å²) in [5.74, 6) is 2.34. The van der Waals surface area contributed by atoms with Crippen LogP contribution in [-0.2, 0) is 6.61 Å². The monoisotopic (exact) mass is 243 g/mol. The van der Waals surface area contributed by atoms with Crippen molar-refractivity contribution >= 4 is 0 Å². The van der Waals surface area contributed by atoms with Crippen molar-refractivity contribution in [1.82, 2.24) is 0 Å². The van der Waals surface area contributed by atoms with Crippen molar-refractivity contribution < 1.29 is 14.2 Å². The van der Waals surface area contributed by atoms with E-state index >= 15 is 0 Å². The van der Waals surface area contributed by atoms with Crippen LogP contribution in [0, 0.1) is 6.07 Å². The molecule has 0 bridgehead atoms. The maximum Gasteiger partial charge on any atom is 0.129 e. The summed E-state index contributed by atoms with van der Waals surface area (Å²) in [5.41, 5.74) is 0.978. The summed E-state index contributed by atoms with van der Waals surface area (Å²) >= 11 is 0. The average Bonchev–Trinajstić information content (AvgIpc) is 2.46. The molecule has 0 N–H and O–H groups in total. The van der Waals surface area contributed by atoms with Gasteiger partial charge in [0.2, 0.25) is 0 Å². The second kappa shape index (κ2) is 5.96. The number of rotatable bonds is 5. The molecular formula is C15H15O3. The highest BCUT2D eigenvalue weighted by Gasteiger charge is 2.05. The fraction of sp³-hybridized carbons (Fsp3) is 0.200. The van der Waals surface area contributed by atoms with Crippen LogP contribution >= 0.6 is 0 Å². The lowest BCUT2D eigenvalue weighted by Gasteiger charge is -2.11. The van der Waals surface area contributed by atoms with Gasteiger partial charge in [-0.15, -0.1) is 0 Å². The Labute approximate surface area is 107 Å². The molecule has 0 saturated carbocycles. The highest BCUT2D eigenvalue weighted by atomic mass is 16.5. The van der Waals surface area contributed by atoms with E-state index in [-0.39, 0.29) is 0 Å². The van der Waals surface area contributed by atoms with Crippen molar-refractivity contribution in [2.24, 2.45) is 0 Å². The molecule has 18 heavy (non-hydrogen) atoms. The molecule has 2 aromatic rings. The largest absolute Gasteiger partial charge is 0.497 e. The lowest BCUT2D eigenvalue weighted by Crippen LogP contribution is -1.99. The summed E-state index contributed by atoms with van der Waals surface area (Å²) in [4.78, 5) is 0. The highest BCUT2D eigenvalue weighted by Crippen LogP contribution is 2.25. The van der Waals surface area contributed by atoms with Crippen LogP contribution in [0.4, 0.5) is 0 Å². The Hall–Kier alpha value is -2.16. The Balaban J connectivity index is 2.09. The fourth-order valence-corrected chi connectivity index (χ4v) is 1.60. The molecule has 0 unspecified atom stereocenters. The zero-order valence-electron chi connectivity index (χ0n) is 10.5. The van der Waals surface area contributed by atoms with Crippen molar-refractivity contribution in [2.45, 2.75) is 6.61 Å². The predicted molar refractivity (Wildman–Crippen MR) is 69.2 cm³/mol. The molecule has 0 heterocycles. The zero-order valence-corrected chi connectivity index (χ0v) is 10.5. The average molecular weight is 243 g/mol. The minimum Gasteiger partial charge on any atom is -0.497 e. The van der Waals surface area contributed by atoms with Crippen molar-refractivity contribution in [3.8, 4) is 17.2 Å². The van der Waals surface area contributed by atoms with E-state index in [1.165, 1.54) is 0 Å². The second-order valence-corrected chi connectivity index (χ2v) is 3.70. The van der Waals surface area contributed by atoms with Gasteiger partial charge < -0.3 is 14.2 Å². The van der Waals surface area contributed by atoms with Gasteiger partial charge >= 0.3 is 0 Å². The first-order valence-electron chi connectivity index (χ1n) is 5.63. The van der Waals surface area contributed by atoms with Gasteiger partial charge in [0, 0.05) is 11.6 Å². The van der Waals surface area contributed by atoms with E-state index in [2.05, 4.69) is 6.07 Å². The maximum atomic E-state index is 5.67. The first-order chi connectivity index (χ1) is 8.83. The molecule has 1 radical (unpaired) electrons. The number of hydrogen-bond acceptors (Lipinski definition) is 3. The molecule has 0 aliphatic heterocycles. The molecule has 3 nitrogen and oxygen atoms in total. The lowest BCUT2D eigenvalue weighted by molar-refractivity contribution is 0.296.